The third kappa shape index (κ3) is 3.90. The highest BCUT2D eigenvalue weighted by Crippen LogP contribution is 2.41. The molecule has 1 aromatic rings. The second-order valence-corrected chi connectivity index (χ2v) is 6.97. The van der Waals surface area contributed by atoms with Crippen molar-refractivity contribution < 1.29 is 9.53 Å². The Morgan fingerprint density at radius 2 is 2.48 bits per heavy atom. The Bertz CT molecular complexity index is 500. The lowest BCUT2D eigenvalue weighted by Crippen LogP contribution is -2.51. The lowest BCUT2D eigenvalue weighted by atomic mass is 9.97. The Morgan fingerprint density at radius 1 is 1.67 bits per heavy atom. The van der Waals surface area contributed by atoms with Gasteiger partial charge in [-0.25, -0.2) is 4.98 Å². The normalized spacial score (nSPS) is 25.0. The van der Waals surface area contributed by atoms with Crippen LogP contribution in [-0.2, 0) is 9.53 Å². The van der Waals surface area contributed by atoms with Crippen molar-refractivity contribution in [3.8, 4) is 0 Å². The standard InChI is InChI=1S/C15H21ClN2O2S/c1-3-8-18-15(14(19)20-2)7-6-11(10-15)21-13-12(16)5-4-9-17-13/h4-5,9,11,18H,3,6-8,10H2,1-2H3. The Hall–Kier alpha value is -0.780. The summed E-state index contributed by atoms with van der Waals surface area (Å²) >= 11 is 7.81. The second kappa shape index (κ2) is 7.47. The van der Waals surface area contributed by atoms with Gasteiger partial charge in [-0.3, -0.25) is 4.79 Å². The molecule has 1 aliphatic rings. The van der Waals surface area contributed by atoms with Crippen molar-refractivity contribution in [3.05, 3.63) is 23.4 Å². The first-order chi connectivity index (χ1) is 10.1. The van der Waals surface area contributed by atoms with Crippen molar-refractivity contribution in [1.29, 1.82) is 0 Å². The van der Waals surface area contributed by atoms with Gasteiger partial charge in [-0.15, -0.1) is 11.8 Å². The van der Waals surface area contributed by atoms with Crippen LogP contribution >= 0.6 is 23.4 Å². The van der Waals surface area contributed by atoms with Crippen LogP contribution in [0.3, 0.4) is 0 Å². The molecule has 21 heavy (non-hydrogen) atoms. The first-order valence-electron chi connectivity index (χ1n) is 7.22. The molecule has 1 N–H and O–H groups in total. The van der Waals surface area contributed by atoms with E-state index in [1.807, 2.05) is 12.1 Å². The number of rotatable bonds is 6. The number of carbonyl (C=O) groups excluding carboxylic acids is 1. The zero-order valence-corrected chi connectivity index (χ0v) is 14.0. The number of pyridine rings is 1. The second-order valence-electron chi connectivity index (χ2n) is 5.27. The number of hydrogen-bond acceptors (Lipinski definition) is 5. The van der Waals surface area contributed by atoms with Crippen LogP contribution in [-0.4, -0.2) is 35.4 Å². The smallest absolute Gasteiger partial charge is 0.326 e. The van der Waals surface area contributed by atoms with Gasteiger partial charge < -0.3 is 10.1 Å². The largest absolute Gasteiger partial charge is 0.468 e. The fourth-order valence-electron chi connectivity index (χ4n) is 2.69. The molecule has 1 fully saturated rings. The van der Waals surface area contributed by atoms with Crippen molar-refractivity contribution in [2.45, 2.75) is 48.4 Å². The van der Waals surface area contributed by atoms with E-state index in [-0.39, 0.29) is 5.97 Å². The van der Waals surface area contributed by atoms with Crippen LogP contribution in [0.1, 0.15) is 32.6 Å². The van der Waals surface area contributed by atoms with Crippen LogP contribution < -0.4 is 5.32 Å². The molecular weight excluding hydrogens is 308 g/mol. The number of hydrogen-bond donors (Lipinski definition) is 1. The molecule has 0 spiro atoms. The summed E-state index contributed by atoms with van der Waals surface area (Å²) in [5, 5.41) is 5.20. The Morgan fingerprint density at radius 3 is 3.14 bits per heavy atom. The van der Waals surface area contributed by atoms with Gasteiger partial charge in [-0.05, 0) is 44.4 Å². The number of nitrogens with one attached hydrogen (secondary N) is 1. The molecule has 0 aromatic carbocycles. The predicted molar refractivity (Wildman–Crippen MR) is 85.8 cm³/mol. The summed E-state index contributed by atoms with van der Waals surface area (Å²) in [7, 11) is 1.45. The third-order valence-corrected chi connectivity index (χ3v) is 5.46. The minimum absolute atomic E-state index is 0.161. The van der Waals surface area contributed by atoms with Gasteiger partial charge in [0.1, 0.15) is 10.6 Å². The highest BCUT2D eigenvalue weighted by molar-refractivity contribution is 8.00. The third-order valence-electron chi connectivity index (χ3n) is 3.76. The van der Waals surface area contributed by atoms with Crippen LogP contribution in [0, 0.1) is 0 Å². The van der Waals surface area contributed by atoms with Crippen LogP contribution in [0.25, 0.3) is 0 Å². The molecule has 2 unspecified atom stereocenters. The summed E-state index contributed by atoms with van der Waals surface area (Å²) < 4.78 is 5.00. The topological polar surface area (TPSA) is 51.2 Å². The number of halogens is 1. The van der Waals surface area contributed by atoms with E-state index in [1.165, 1.54) is 7.11 Å². The number of esters is 1. The lowest BCUT2D eigenvalue weighted by molar-refractivity contribution is -0.148. The number of thioether (sulfide) groups is 1. The van der Waals surface area contributed by atoms with E-state index < -0.39 is 5.54 Å². The van der Waals surface area contributed by atoms with Crippen molar-refractivity contribution in [1.82, 2.24) is 10.3 Å². The molecule has 0 amide bonds. The Labute approximate surface area is 135 Å². The molecule has 0 bridgehead atoms. The summed E-state index contributed by atoms with van der Waals surface area (Å²) in [5.74, 6) is -0.161. The molecule has 1 heterocycles. The van der Waals surface area contributed by atoms with Crippen LogP contribution in [0.4, 0.5) is 0 Å². The van der Waals surface area contributed by atoms with E-state index in [0.29, 0.717) is 10.3 Å². The van der Waals surface area contributed by atoms with Gasteiger partial charge >= 0.3 is 5.97 Å². The summed E-state index contributed by atoms with van der Waals surface area (Å²) in [4.78, 5) is 16.5. The molecule has 116 valence electrons. The van der Waals surface area contributed by atoms with Gasteiger partial charge in [-0.2, -0.15) is 0 Å². The van der Waals surface area contributed by atoms with Crippen LogP contribution in [0.2, 0.25) is 5.02 Å². The van der Waals surface area contributed by atoms with Crippen LogP contribution in [0.15, 0.2) is 23.4 Å². The highest BCUT2D eigenvalue weighted by Gasteiger charge is 2.46. The number of ether oxygens (including phenoxy) is 1. The van der Waals surface area contributed by atoms with Crippen molar-refractivity contribution in [2.24, 2.45) is 0 Å². The molecule has 2 atom stereocenters. The number of methoxy groups -OCH3 is 1. The molecule has 6 heteroatoms. The van der Waals surface area contributed by atoms with E-state index in [1.54, 1.807) is 18.0 Å². The molecule has 0 radical (unpaired) electrons. The zero-order chi connectivity index (χ0) is 15.3. The molecule has 1 saturated carbocycles. The zero-order valence-electron chi connectivity index (χ0n) is 12.4. The molecule has 0 saturated heterocycles. The molecule has 1 aromatic heterocycles. The van der Waals surface area contributed by atoms with Crippen LogP contribution in [0.5, 0.6) is 0 Å². The maximum absolute atomic E-state index is 12.2. The van der Waals surface area contributed by atoms with Crippen molar-refractivity contribution >= 4 is 29.3 Å². The summed E-state index contributed by atoms with van der Waals surface area (Å²) in [6.45, 7) is 2.91. The molecule has 0 aliphatic heterocycles. The number of carbonyl (C=O) groups is 1. The van der Waals surface area contributed by atoms with Crippen molar-refractivity contribution in [2.75, 3.05) is 13.7 Å². The first-order valence-corrected chi connectivity index (χ1v) is 8.47. The Balaban J connectivity index is 2.06. The van der Waals surface area contributed by atoms with E-state index >= 15 is 0 Å². The fraction of sp³-hybridized carbons (Fsp3) is 0.600. The predicted octanol–water partition coefficient (Wildman–Crippen LogP) is 3.29. The highest BCUT2D eigenvalue weighted by atomic mass is 35.5. The van der Waals surface area contributed by atoms with E-state index in [9.17, 15) is 4.79 Å². The van der Waals surface area contributed by atoms with Crippen molar-refractivity contribution in [3.63, 3.8) is 0 Å². The van der Waals surface area contributed by atoms with Gasteiger partial charge in [0.2, 0.25) is 0 Å². The van der Waals surface area contributed by atoms with Gasteiger partial charge in [0, 0.05) is 11.4 Å². The maximum atomic E-state index is 12.2. The minimum Gasteiger partial charge on any atom is -0.468 e. The summed E-state index contributed by atoms with van der Waals surface area (Å²) in [6, 6.07) is 3.66. The van der Waals surface area contributed by atoms with E-state index in [0.717, 1.165) is 37.3 Å². The molecule has 4 nitrogen and oxygen atoms in total. The Kier molecular flexibility index (Phi) is 5.90. The maximum Gasteiger partial charge on any atom is 0.326 e. The number of aromatic nitrogens is 1. The minimum atomic E-state index is -0.552. The fourth-order valence-corrected chi connectivity index (χ4v) is 4.17. The first kappa shape index (κ1) is 16.6. The van der Waals surface area contributed by atoms with E-state index in [2.05, 4.69) is 17.2 Å². The summed E-state index contributed by atoms with van der Waals surface area (Å²) in [5.41, 5.74) is -0.552. The quantitative estimate of drug-likeness (QED) is 0.812. The monoisotopic (exact) mass is 328 g/mol. The SMILES string of the molecule is CCCNC1(C(=O)OC)CCC(Sc2ncccc2Cl)C1. The van der Waals surface area contributed by atoms with Gasteiger partial charge in [0.25, 0.3) is 0 Å². The van der Waals surface area contributed by atoms with Gasteiger partial charge in [0.05, 0.1) is 12.1 Å². The number of nitrogens with zero attached hydrogens (tertiary/aromatic N) is 1. The van der Waals surface area contributed by atoms with Gasteiger partial charge in [-0.1, -0.05) is 18.5 Å². The van der Waals surface area contributed by atoms with E-state index in [4.69, 9.17) is 16.3 Å². The lowest BCUT2D eigenvalue weighted by Gasteiger charge is -2.27. The average Bonchev–Trinajstić information content (AvgIpc) is 2.91. The molecule has 1 aliphatic carbocycles. The summed E-state index contributed by atoms with van der Waals surface area (Å²) in [6.07, 6.45) is 5.22. The molecular formula is C15H21ClN2O2S. The van der Waals surface area contributed by atoms with Gasteiger partial charge in [0.15, 0.2) is 0 Å². The average molecular weight is 329 g/mol. The molecule has 2 rings (SSSR count).